The van der Waals surface area contributed by atoms with Crippen molar-refractivity contribution in [2.24, 2.45) is 0 Å². The minimum Gasteiger partial charge on any atom is -0.493 e. The number of anilines is 1. The molecule has 2 rings (SSSR count). The molecule has 0 spiro atoms. The van der Waals surface area contributed by atoms with Gasteiger partial charge in [-0.25, -0.2) is 4.98 Å². The van der Waals surface area contributed by atoms with E-state index < -0.39 is 0 Å². The van der Waals surface area contributed by atoms with E-state index in [1.807, 2.05) is 0 Å². The molecule has 0 aliphatic carbocycles. The van der Waals surface area contributed by atoms with E-state index in [9.17, 15) is 4.79 Å². The number of hydrogen-bond acceptors (Lipinski definition) is 6. The summed E-state index contributed by atoms with van der Waals surface area (Å²) in [7, 11) is 3.15. The molecule has 1 aromatic carbocycles. The Hall–Kier alpha value is -2.80. The van der Waals surface area contributed by atoms with Gasteiger partial charge in [0.2, 0.25) is 5.88 Å². The summed E-state index contributed by atoms with van der Waals surface area (Å²) in [6.07, 6.45) is 6.12. The van der Waals surface area contributed by atoms with Gasteiger partial charge in [-0.2, -0.15) is 0 Å². The molecule has 0 radical (unpaired) electrons. The topological polar surface area (TPSA) is 78.9 Å². The molecule has 1 amide bonds. The monoisotopic (exact) mass is 402 g/mol. The van der Waals surface area contributed by atoms with E-state index in [1.165, 1.54) is 12.8 Å². The number of carbonyl (C=O) groups excluding carboxylic acids is 1. The molecular weight excluding hydrogens is 372 g/mol. The van der Waals surface area contributed by atoms with Gasteiger partial charge in [-0.15, -0.1) is 0 Å². The second kappa shape index (κ2) is 12.6. The van der Waals surface area contributed by atoms with Gasteiger partial charge < -0.3 is 24.3 Å². The molecule has 158 valence electrons. The predicted molar refractivity (Wildman–Crippen MR) is 112 cm³/mol. The third-order valence-electron chi connectivity index (χ3n) is 4.23. The van der Waals surface area contributed by atoms with Gasteiger partial charge in [0.1, 0.15) is 12.3 Å². The van der Waals surface area contributed by atoms with Crippen LogP contribution in [0.2, 0.25) is 0 Å². The number of ether oxygens (including phenoxy) is 4. The fourth-order valence-electron chi connectivity index (χ4n) is 2.66. The van der Waals surface area contributed by atoms with Crippen molar-refractivity contribution in [3.8, 4) is 17.4 Å². The summed E-state index contributed by atoms with van der Waals surface area (Å²) in [6.45, 7) is 3.57. The Balaban J connectivity index is 2.02. The number of nitrogens with zero attached hydrogens (tertiary/aromatic N) is 1. The lowest BCUT2D eigenvalue weighted by molar-refractivity contribution is 0.102. The second-order valence-corrected chi connectivity index (χ2v) is 6.43. The lowest BCUT2D eigenvalue weighted by atomic mass is 10.2. The van der Waals surface area contributed by atoms with Crippen molar-refractivity contribution in [3.05, 3.63) is 42.1 Å². The highest BCUT2D eigenvalue weighted by atomic mass is 16.5. The van der Waals surface area contributed by atoms with Crippen LogP contribution in [-0.4, -0.2) is 44.9 Å². The smallest absolute Gasteiger partial charge is 0.255 e. The molecular formula is C22H30N2O5. The molecule has 2 aromatic rings. The van der Waals surface area contributed by atoms with Crippen molar-refractivity contribution in [1.29, 1.82) is 0 Å². The van der Waals surface area contributed by atoms with Gasteiger partial charge in [-0.1, -0.05) is 26.2 Å². The molecule has 1 aromatic heterocycles. The normalized spacial score (nSPS) is 10.4. The number of pyridine rings is 1. The van der Waals surface area contributed by atoms with Crippen LogP contribution in [-0.2, 0) is 4.74 Å². The highest BCUT2D eigenvalue weighted by Gasteiger charge is 2.14. The summed E-state index contributed by atoms with van der Waals surface area (Å²) in [5.41, 5.74) is 0.940. The number of unbranched alkanes of at least 4 members (excludes halogenated alkanes) is 3. The molecule has 29 heavy (non-hydrogen) atoms. The largest absolute Gasteiger partial charge is 0.493 e. The quantitative estimate of drug-likeness (QED) is 0.503. The third kappa shape index (κ3) is 7.27. The van der Waals surface area contributed by atoms with Crippen LogP contribution in [0.1, 0.15) is 43.0 Å². The van der Waals surface area contributed by atoms with Gasteiger partial charge in [0.25, 0.3) is 5.91 Å². The first kappa shape index (κ1) is 22.5. The average molecular weight is 402 g/mol. The lowest BCUT2D eigenvalue weighted by Gasteiger charge is -2.13. The molecule has 0 atom stereocenters. The molecule has 0 aliphatic rings. The maximum atomic E-state index is 12.7. The first-order chi connectivity index (χ1) is 14.2. The van der Waals surface area contributed by atoms with Crippen molar-refractivity contribution in [1.82, 2.24) is 4.98 Å². The summed E-state index contributed by atoms with van der Waals surface area (Å²) in [5.74, 6) is 1.21. The van der Waals surface area contributed by atoms with Crippen LogP contribution >= 0.6 is 0 Å². The standard InChI is InChI=1S/C22H30N2O5/c1-4-5-6-7-13-28-19-11-10-17(16-20(19)27-3)21(25)24-18-9-8-12-23-22(18)29-15-14-26-2/h8-12,16H,4-7,13-15H2,1-3H3,(H,24,25). The molecule has 0 fully saturated rings. The summed E-state index contributed by atoms with van der Waals surface area (Å²) in [6, 6.07) is 8.60. The molecule has 0 bridgehead atoms. The number of hydrogen-bond donors (Lipinski definition) is 1. The molecule has 0 aliphatic heterocycles. The third-order valence-corrected chi connectivity index (χ3v) is 4.23. The first-order valence-electron chi connectivity index (χ1n) is 9.88. The van der Waals surface area contributed by atoms with E-state index in [2.05, 4.69) is 17.2 Å². The Morgan fingerprint density at radius 2 is 1.86 bits per heavy atom. The van der Waals surface area contributed by atoms with Crippen LogP contribution in [0, 0.1) is 0 Å². The number of nitrogens with one attached hydrogen (secondary N) is 1. The zero-order chi connectivity index (χ0) is 20.9. The van der Waals surface area contributed by atoms with E-state index >= 15 is 0 Å². The Labute approximate surface area is 172 Å². The maximum absolute atomic E-state index is 12.7. The highest BCUT2D eigenvalue weighted by Crippen LogP contribution is 2.29. The maximum Gasteiger partial charge on any atom is 0.255 e. The van der Waals surface area contributed by atoms with Crippen LogP contribution in [0.15, 0.2) is 36.5 Å². The van der Waals surface area contributed by atoms with E-state index in [4.69, 9.17) is 18.9 Å². The SMILES string of the molecule is CCCCCCOc1ccc(C(=O)Nc2cccnc2OCCOC)cc1OC. The van der Waals surface area contributed by atoms with E-state index in [0.29, 0.717) is 48.5 Å². The van der Waals surface area contributed by atoms with Gasteiger partial charge in [0.15, 0.2) is 11.5 Å². The summed E-state index contributed by atoms with van der Waals surface area (Å²) in [4.78, 5) is 16.9. The zero-order valence-electron chi connectivity index (χ0n) is 17.4. The average Bonchev–Trinajstić information content (AvgIpc) is 2.75. The Morgan fingerprint density at radius 1 is 1.00 bits per heavy atom. The molecule has 0 saturated heterocycles. The fourth-order valence-corrected chi connectivity index (χ4v) is 2.66. The van der Waals surface area contributed by atoms with Crippen LogP contribution in [0.4, 0.5) is 5.69 Å². The first-order valence-corrected chi connectivity index (χ1v) is 9.88. The summed E-state index contributed by atoms with van der Waals surface area (Å²) < 4.78 is 21.7. The lowest BCUT2D eigenvalue weighted by Crippen LogP contribution is -2.14. The summed E-state index contributed by atoms with van der Waals surface area (Å²) in [5, 5.41) is 2.83. The Kier molecular flexibility index (Phi) is 9.78. The van der Waals surface area contributed by atoms with E-state index in [1.54, 1.807) is 50.7 Å². The van der Waals surface area contributed by atoms with Crippen molar-refractivity contribution < 1.29 is 23.7 Å². The molecule has 0 saturated carbocycles. The van der Waals surface area contributed by atoms with Gasteiger partial charge in [0.05, 0.1) is 20.3 Å². The van der Waals surface area contributed by atoms with Crippen molar-refractivity contribution in [3.63, 3.8) is 0 Å². The Bertz CT molecular complexity index is 767. The molecule has 0 unspecified atom stereocenters. The van der Waals surface area contributed by atoms with Gasteiger partial charge >= 0.3 is 0 Å². The number of methoxy groups -OCH3 is 2. The number of amides is 1. The Morgan fingerprint density at radius 3 is 2.62 bits per heavy atom. The van der Waals surface area contributed by atoms with E-state index in [-0.39, 0.29) is 5.91 Å². The van der Waals surface area contributed by atoms with Crippen LogP contribution < -0.4 is 19.5 Å². The van der Waals surface area contributed by atoms with Crippen molar-refractivity contribution in [2.45, 2.75) is 32.6 Å². The van der Waals surface area contributed by atoms with Crippen LogP contribution in [0.25, 0.3) is 0 Å². The minimum atomic E-state index is -0.289. The second-order valence-electron chi connectivity index (χ2n) is 6.43. The van der Waals surface area contributed by atoms with Crippen LogP contribution in [0.3, 0.4) is 0 Å². The number of rotatable bonds is 13. The van der Waals surface area contributed by atoms with E-state index in [0.717, 1.165) is 12.8 Å². The van der Waals surface area contributed by atoms with Gasteiger partial charge in [-0.05, 0) is 36.8 Å². The zero-order valence-corrected chi connectivity index (χ0v) is 17.4. The predicted octanol–water partition coefficient (Wildman–Crippen LogP) is 4.33. The van der Waals surface area contributed by atoms with Gasteiger partial charge in [-0.3, -0.25) is 4.79 Å². The molecule has 7 heteroatoms. The molecule has 1 N–H and O–H groups in total. The van der Waals surface area contributed by atoms with Gasteiger partial charge in [0, 0.05) is 18.9 Å². The number of aromatic nitrogens is 1. The minimum absolute atomic E-state index is 0.289. The van der Waals surface area contributed by atoms with Crippen LogP contribution in [0.5, 0.6) is 17.4 Å². The van der Waals surface area contributed by atoms with Crippen molar-refractivity contribution >= 4 is 11.6 Å². The highest BCUT2D eigenvalue weighted by molar-refractivity contribution is 6.05. The fraction of sp³-hybridized carbons (Fsp3) is 0.455. The molecule has 7 nitrogen and oxygen atoms in total. The number of carbonyl (C=O) groups is 1. The number of benzene rings is 1. The van der Waals surface area contributed by atoms with Crippen molar-refractivity contribution in [2.75, 3.05) is 39.4 Å². The molecule has 1 heterocycles. The summed E-state index contributed by atoms with van der Waals surface area (Å²) >= 11 is 0.